The van der Waals surface area contributed by atoms with Crippen molar-refractivity contribution in [2.45, 2.75) is 0 Å². The Morgan fingerprint density at radius 1 is 0.268 bits per heavy atom. The zero-order chi connectivity index (χ0) is 37.7. The molecular formula is C49H31N7. The zero-order valence-corrected chi connectivity index (χ0v) is 30.0. The summed E-state index contributed by atoms with van der Waals surface area (Å²) in [4.78, 5) is 29.5. The summed E-state index contributed by atoms with van der Waals surface area (Å²) in [5.41, 5.74) is 9.69. The van der Waals surface area contributed by atoms with Gasteiger partial charge in [-0.1, -0.05) is 164 Å². The molecule has 0 fully saturated rings. The number of nitrogens with zero attached hydrogens (tertiary/aromatic N) is 7. The normalized spacial score (nSPS) is 10.8. The molecule has 0 saturated carbocycles. The average Bonchev–Trinajstić information content (AvgIpc) is 3.29. The fraction of sp³-hybridized carbons (Fsp3) is 0. The van der Waals surface area contributed by atoms with Crippen molar-refractivity contribution >= 4 is 0 Å². The van der Waals surface area contributed by atoms with Gasteiger partial charge in [0.2, 0.25) is 0 Å². The first-order valence-electron chi connectivity index (χ1n) is 18.2. The molecule has 0 aliphatic rings. The third kappa shape index (κ3) is 7.06. The second kappa shape index (κ2) is 15.2. The van der Waals surface area contributed by atoms with Crippen LogP contribution in [-0.2, 0) is 0 Å². The van der Waals surface area contributed by atoms with Crippen molar-refractivity contribution in [1.82, 2.24) is 29.9 Å². The van der Waals surface area contributed by atoms with E-state index in [1.165, 1.54) is 0 Å². The van der Waals surface area contributed by atoms with Gasteiger partial charge in [0.25, 0.3) is 0 Å². The second-order valence-electron chi connectivity index (χ2n) is 13.1. The van der Waals surface area contributed by atoms with Crippen LogP contribution in [0.3, 0.4) is 0 Å². The van der Waals surface area contributed by atoms with Crippen molar-refractivity contribution in [1.29, 1.82) is 5.26 Å². The summed E-state index contributed by atoms with van der Waals surface area (Å²) >= 11 is 0. The second-order valence-corrected chi connectivity index (χ2v) is 13.1. The Balaban J connectivity index is 1.10. The van der Waals surface area contributed by atoms with Crippen LogP contribution in [0.15, 0.2) is 188 Å². The van der Waals surface area contributed by atoms with E-state index in [4.69, 9.17) is 29.9 Å². The standard InChI is InChI=1S/C49H31N7/c50-32-42-20-10-11-25-43(42)49-55-47(40-23-12-21-38(30-40)33-14-4-1-5-15-33)54-48(56-49)41-24-13-22-39(31-41)34-26-28-37(29-27-34)46-52-44(35-16-6-2-7-17-35)51-45(53-46)36-18-8-3-9-19-36/h1-31H. The Morgan fingerprint density at radius 3 is 1.07 bits per heavy atom. The minimum Gasteiger partial charge on any atom is -0.208 e. The van der Waals surface area contributed by atoms with Gasteiger partial charge in [0.05, 0.1) is 11.6 Å². The minimum atomic E-state index is 0.434. The molecule has 9 rings (SSSR count). The van der Waals surface area contributed by atoms with Crippen LogP contribution in [0.1, 0.15) is 5.56 Å². The molecule has 7 heteroatoms. The van der Waals surface area contributed by atoms with Gasteiger partial charge >= 0.3 is 0 Å². The SMILES string of the molecule is N#Cc1ccccc1-c1nc(-c2cccc(-c3ccccc3)c2)nc(-c2cccc(-c3ccc(-c4nc(-c5ccccc5)nc(-c5ccccc5)n4)cc3)c2)n1. The van der Waals surface area contributed by atoms with Crippen LogP contribution < -0.4 is 0 Å². The van der Waals surface area contributed by atoms with Gasteiger partial charge in [-0.3, -0.25) is 0 Å². The van der Waals surface area contributed by atoms with E-state index in [0.29, 0.717) is 46.1 Å². The highest BCUT2D eigenvalue weighted by atomic mass is 15.0. The highest BCUT2D eigenvalue weighted by Gasteiger charge is 2.17. The van der Waals surface area contributed by atoms with Crippen LogP contribution in [0.5, 0.6) is 0 Å². The summed E-state index contributed by atoms with van der Waals surface area (Å²) in [7, 11) is 0. The number of aromatic nitrogens is 6. The molecule has 0 aliphatic carbocycles. The molecule has 0 saturated heterocycles. The molecule has 2 aromatic heterocycles. The molecule has 0 amide bonds. The van der Waals surface area contributed by atoms with Crippen LogP contribution in [0.4, 0.5) is 0 Å². The summed E-state index contributed by atoms with van der Waals surface area (Å²) in [6, 6.07) is 64.4. The Hall–Kier alpha value is -7.95. The Bertz CT molecular complexity index is 2790. The molecule has 7 aromatic carbocycles. The fourth-order valence-electron chi connectivity index (χ4n) is 6.59. The van der Waals surface area contributed by atoms with E-state index in [0.717, 1.165) is 50.1 Å². The topological polar surface area (TPSA) is 101 Å². The van der Waals surface area contributed by atoms with Gasteiger partial charge in [-0.25, -0.2) is 29.9 Å². The van der Waals surface area contributed by atoms with E-state index in [1.54, 1.807) is 6.07 Å². The van der Waals surface area contributed by atoms with E-state index < -0.39 is 0 Å². The number of hydrogen-bond donors (Lipinski definition) is 0. The summed E-state index contributed by atoms with van der Waals surface area (Å²) < 4.78 is 0. The van der Waals surface area contributed by atoms with Crippen LogP contribution in [0.2, 0.25) is 0 Å². The van der Waals surface area contributed by atoms with Crippen molar-refractivity contribution in [3.8, 4) is 96.7 Å². The summed E-state index contributed by atoms with van der Waals surface area (Å²) in [6.07, 6.45) is 0. The van der Waals surface area contributed by atoms with E-state index in [1.807, 2.05) is 133 Å². The largest absolute Gasteiger partial charge is 0.208 e. The van der Waals surface area contributed by atoms with E-state index in [9.17, 15) is 5.26 Å². The fourth-order valence-corrected chi connectivity index (χ4v) is 6.59. The molecular weight excluding hydrogens is 687 g/mol. The number of nitriles is 1. The van der Waals surface area contributed by atoms with Crippen molar-refractivity contribution in [2.75, 3.05) is 0 Å². The van der Waals surface area contributed by atoms with Gasteiger partial charge < -0.3 is 0 Å². The lowest BCUT2D eigenvalue weighted by Gasteiger charge is -2.11. The molecule has 2 heterocycles. The monoisotopic (exact) mass is 717 g/mol. The highest BCUT2D eigenvalue weighted by molar-refractivity contribution is 5.77. The first-order valence-corrected chi connectivity index (χ1v) is 18.2. The summed E-state index contributed by atoms with van der Waals surface area (Å²) in [5, 5.41) is 9.97. The minimum absolute atomic E-state index is 0.434. The van der Waals surface area contributed by atoms with E-state index >= 15 is 0 Å². The molecule has 9 aromatic rings. The van der Waals surface area contributed by atoms with Crippen molar-refractivity contribution in [3.05, 3.63) is 194 Å². The Morgan fingerprint density at radius 2 is 0.589 bits per heavy atom. The predicted octanol–water partition coefficient (Wildman–Crippen LogP) is 11.3. The highest BCUT2D eigenvalue weighted by Crippen LogP contribution is 2.32. The van der Waals surface area contributed by atoms with Gasteiger partial charge in [0.15, 0.2) is 34.9 Å². The quantitative estimate of drug-likeness (QED) is 0.154. The smallest absolute Gasteiger partial charge is 0.165 e. The molecule has 0 radical (unpaired) electrons. The lowest BCUT2D eigenvalue weighted by atomic mass is 10.0. The molecule has 0 N–H and O–H groups in total. The first-order chi connectivity index (χ1) is 27.7. The van der Waals surface area contributed by atoms with E-state index in [2.05, 4.69) is 54.6 Å². The van der Waals surface area contributed by atoms with Crippen molar-refractivity contribution in [3.63, 3.8) is 0 Å². The van der Waals surface area contributed by atoms with E-state index in [-0.39, 0.29) is 0 Å². The van der Waals surface area contributed by atoms with Crippen molar-refractivity contribution < 1.29 is 0 Å². The maximum absolute atomic E-state index is 9.97. The molecule has 7 nitrogen and oxygen atoms in total. The van der Waals surface area contributed by atoms with Gasteiger partial charge in [0.1, 0.15) is 0 Å². The first kappa shape index (κ1) is 33.9. The lowest BCUT2D eigenvalue weighted by molar-refractivity contribution is 1.07. The third-order valence-corrected chi connectivity index (χ3v) is 9.45. The van der Waals surface area contributed by atoms with Crippen LogP contribution >= 0.6 is 0 Å². The Labute approximate surface area is 324 Å². The molecule has 0 bridgehead atoms. The van der Waals surface area contributed by atoms with Gasteiger partial charge in [-0.15, -0.1) is 0 Å². The number of hydrogen-bond acceptors (Lipinski definition) is 7. The van der Waals surface area contributed by atoms with Crippen LogP contribution in [0, 0.1) is 11.3 Å². The summed E-state index contributed by atoms with van der Waals surface area (Å²) in [5.74, 6) is 3.29. The Kier molecular flexibility index (Phi) is 9.18. The summed E-state index contributed by atoms with van der Waals surface area (Å²) in [6.45, 7) is 0. The molecule has 56 heavy (non-hydrogen) atoms. The van der Waals surface area contributed by atoms with Gasteiger partial charge in [-0.05, 0) is 46.5 Å². The van der Waals surface area contributed by atoms with Crippen LogP contribution in [0.25, 0.3) is 90.6 Å². The molecule has 0 unspecified atom stereocenters. The van der Waals surface area contributed by atoms with Gasteiger partial charge in [-0.2, -0.15) is 5.26 Å². The number of rotatable bonds is 8. The third-order valence-electron chi connectivity index (χ3n) is 9.45. The number of benzene rings is 7. The predicted molar refractivity (Wildman–Crippen MR) is 221 cm³/mol. The maximum atomic E-state index is 9.97. The molecule has 262 valence electrons. The zero-order valence-electron chi connectivity index (χ0n) is 30.0. The lowest BCUT2D eigenvalue weighted by Crippen LogP contribution is -2.01. The van der Waals surface area contributed by atoms with Crippen molar-refractivity contribution in [2.24, 2.45) is 0 Å². The van der Waals surface area contributed by atoms with Gasteiger partial charge in [0, 0.05) is 33.4 Å². The average molecular weight is 718 g/mol. The molecule has 0 atom stereocenters. The molecule has 0 aliphatic heterocycles. The maximum Gasteiger partial charge on any atom is 0.165 e. The molecule has 0 spiro atoms. The van der Waals surface area contributed by atoms with Crippen LogP contribution in [-0.4, -0.2) is 29.9 Å².